The van der Waals surface area contributed by atoms with Crippen molar-refractivity contribution in [2.24, 2.45) is 11.8 Å². The minimum atomic E-state index is 0.0720. The molecule has 1 aliphatic carbocycles. The molecule has 134 valence electrons. The molecule has 1 aromatic heterocycles. The van der Waals surface area contributed by atoms with Crippen LogP contribution in [0.1, 0.15) is 56.6 Å². The summed E-state index contributed by atoms with van der Waals surface area (Å²) >= 11 is 0. The van der Waals surface area contributed by atoms with Crippen molar-refractivity contribution in [3.05, 3.63) is 30.1 Å². The van der Waals surface area contributed by atoms with Gasteiger partial charge >= 0.3 is 0 Å². The predicted octanol–water partition coefficient (Wildman–Crippen LogP) is 2.78. The zero-order valence-corrected chi connectivity index (χ0v) is 14.8. The zero-order valence-electron chi connectivity index (χ0n) is 14.8. The molecule has 1 saturated carbocycles. The average molecular weight is 341 g/mol. The molecule has 4 rings (SSSR count). The highest BCUT2D eigenvalue weighted by Gasteiger charge is 2.37. The zero-order chi connectivity index (χ0) is 17.2. The molecule has 0 N–H and O–H groups in total. The molecule has 25 heavy (non-hydrogen) atoms. The van der Waals surface area contributed by atoms with E-state index in [1.165, 1.54) is 6.42 Å². The van der Waals surface area contributed by atoms with Crippen LogP contribution in [-0.4, -0.2) is 46.2 Å². The molecule has 0 radical (unpaired) electrons. The maximum Gasteiger partial charge on any atom is 0.226 e. The first-order chi connectivity index (χ1) is 12.2. The lowest BCUT2D eigenvalue weighted by atomic mass is 9.83. The molecule has 3 heterocycles. The maximum atomic E-state index is 13.1. The second-order valence-electron chi connectivity index (χ2n) is 7.70. The normalized spacial score (nSPS) is 25.0. The predicted molar refractivity (Wildman–Crippen MR) is 94.6 cm³/mol. The lowest BCUT2D eigenvalue weighted by Gasteiger charge is -2.37. The summed E-state index contributed by atoms with van der Waals surface area (Å²) in [5.41, 5.74) is 1.14. The van der Waals surface area contributed by atoms with Crippen molar-refractivity contribution >= 4 is 11.8 Å². The van der Waals surface area contributed by atoms with Gasteiger partial charge in [-0.3, -0.25) is 14.6 Å². The first kappa shape index (κ1) is 16.6. The van der Waals surface area contributed by atoms with E-state index < -0.39 is 0 Å². The number of carbonyl (C=O) groups is 2. The van der Waals surface area contributed by atoms with E-state index in [2.05, 4.69) is 16.0 Å². The van der Waals surface area contributed by atoms with E-state index in [1.807, 2.05) is 17.2 Å². The summed E-state index contributed by atoms with van der Waals surface area (Å²) in [6.45, 7) is 2.34. The number of likely N-dealkylation sites (tertiary alicyclic amines) is 2. The maximum absolute atomic E-state index is 13.1. The number of carbonyl (C=O) groups excluding carboxylic acids is 2. The molecule has 1 aromatic rings. The molecule has 0 spiro atoms. The molecule has 2 amide bonds. The van der Waals surface area contributed by atoms with Gasteiger partial charge in [0, 0.05) is 43.9 Å². The van der Waals surface area contributed by atoms with Gasteiger partial charge in [0.05, 0.1) is 6.04 Å². The Morgan fingerprint density at radius 3 is 2.32 bits per heavy atom. The molecule has 0 bridgehead atoms. The van der Waals surface area contributed by atoms with Gasteiger partial charge in [0.1, 0.15) is 0 Å². The van der Waals surface area contributed by atoms with E-state index in [1.54, 1.807) is 6.20 Å². The fourth-order valence-electron chi connectivity index (χ4n) is 4.44. The summed E-state index contributed by atoms with van der Waals surface area (Å²) in [5.74, 6) is 0.942. The van der Waals surface area contributed by atoms with Gasteiger partial charge in [-0.25, -0.2) is 0 Å². The van der Waals surface area contributed by atoms with E-state index in [0.717, 1.165) is 63.7 Å². The Kier molecular flexibility index (Phi) is 4.73. The molecule has 3 aliphatic rings. The van der Waals surface area contributed by atoms with Gasteiger partial charge in [-0.05, 0) is 50.2 Å². The Labute approximate surface area is 149 Å². The van der Waals surface area contributed by atoms with E-state index in [4.69, 9.17) is 0 Å². The fraction of sp³-hybridized carbons (Fsp3) is 0.650. The van der Waals surface area contributed by atoms with Crippen LogP contribution in [-0.2, 0) is 9.59 Å². The van der Waals surface area contributed by atoms with Gasteiger partial charge in [-0.15, -0.1) is 0 Å². The van der Waals surface area contributed by atoms with Gasteiger partial charge in [0.15, 0.2) is 0 Å². The summed E-state index contributed by atoms with van der Waals surface area (Å²) in [4.78, 5) is 33.7. The third kappa shape index (κ3) is 3.29. The topological polar surface area (TPSA) is 53.5 Å². The smallest absolute Gasteiger partial charge is 0.226 e. The largest absolute Gasteiger partial charge is 0.342 e. The second kappa shape index (κ2) is 7.14. The highest BCUT2D eigenvalue weighted by atomic mass is 16.2. The third-order valence-corrected chi connectivity index (χ3v) is 6.22. The van der Waals surface area contributed by atoms with Crippen LogP contribution in [0.5, 0.6) is 0 Å². The second-order valence-corrected chi connectivity index (χ2v) is 7.70. The number of aromatic nitrogens is 1. The van der Waals surface area contributed by atoms with E-state index >= 15 is 0 Å². The number of rotatable bonds is 3. The summed E-state index contributed by atoms with van der Waals surface area (Å²) in [7, 11) is 0. The molecular formula is C20H27N3O2. The minimum Gasteiger partial charge on any atom is -0.342 e. The number of pyridine rings is 1. The van der Waals surface area contributed by atoms with Gasteiger partial charge in [0.25, 0.3) is 0 Å². The SMILES string of the molecule is O=C(C1CCC1)N1CCC(C(=O)N2CCC[C@H]2c2cccnc2)CC1. The highest BCUT2D eigenvalue weighted by molar-refractivity contribution is 5.82. The Balaban J connectivity index is 1.36. The highest BCUT2D eigenvalue weighted by Crippen LogP contribution is 2.35. The molecule has 0 unspecified atom stereocenters. The average Bonchev–Trinajstić information content (AvgIpc) is 3.10. The van der Waals surface area contributed by atoms with E-state index in [0.29, 0.717) is 5.91 Å². The van der Waals surface area contributed by atoms with Crippen LogP contribution in [0.4, 0.5) is 0 Å². The molecule has 5 nitrogen and oxygen atoms in total. The Bertz CT molecular complexity index is 621. The molecular weight excluding hydrogens is 314 g/mol. The fourth-order valence-corrected chi connectivity index (χ4v) is 4.44. The number of hydrogen-bond acceptors (Lipinski definition) is 3. The minimum absolute atomic E-state index is 0.0720. The number of piperidine rings is 1. The van der Waals surface area contributed by atoms with Crippen LogP contribution in [0.2, 0.25) is 0 Å². The quantitative estimate of drug-likeness (QED) is 0.849. The molecule has 3 fully saturated rings. The Morgan fingerprint density at radius 2 is 1.68 bits per heavy atom. The van der Waals surface area contributed by atoms with Crippen LogP contribution < -0.4 is 0 Å². The van der Waals surface area contributed by atoms with Crippen molar-refractivity contribution in [3.63, 3.8) is 0 Å². The van der Waals surface area contributed by atoms with Crippen molar-refractivity contribution in [1.82, 2.24) is 14.8 Å². The molecule has 2 aliphatic heterocycles. The van der Waals surface area contributed by atoms with Crippen LogP contribution in [0.3, 0.4) is 0 Å². The summed E-state index contributed by atoms with van der Waals surface area (Å²) in [5, 5.41) is 0. The van der Waals surface area contributed by atoms with Crippen molar-refractivity contribution in [3.8, 4) is 0 Å². The van der Waals surface area contributed by atoms with Crippen LogP contribution in [0, 0.1) is 11.8 Å². The van der Waals surface area contributed by atoms with Crippen molar-refractivity contribution < 1.29 is 9.59 Å². The van der Waals surface area contributed by atoms with E-state index in [9.17, 15) is 9.59 Å². The number of hydrogen-bond donors (Lipinski definition) is 0. The van der Waals surface area contributed by atoms with Crippen LogP contribution in [0.25, 0.3) is 0 Å². The molecule has 1 atom stereocenters. The summed E-state index contributed by atoms with van der Waals surface area (Å²) in [6, 6.07) is 4.19. The number of nitrogens with zero attached hydrogens (tertiary/aromatic N) is 3. The van der Waals surface area contributed by atoms with Gasteiger partial charge in [0.2, 0.25) is 11.8 Å². The van der Waals surface area contributed by atoms with E-state index in [-0.39, 0.29) is 23.8 Å². The lowest BCUT2D eigenvalue weighted by molar-refractivity contribution is -0.144. The third-order valence-electron chi connectivity index (χ3n) is 6.22. The van der Waals surface area contributed by atoms with Gasteiger partial charge in [-0.1, -0.05) is 12.5 Å². The van der Waals surface area contributed by atoms with Gasteiger partial charge in [-0.2, -0.15) is 0 Å². The summed E-state index contributed by atoms with van der Waals surface area (Å²) in [6.07, 6.45) is 10.7. The molecule has 5 heteroatoms. The van der Waals surface area contributed by atoms with Crippen molar-refractivity contribution in [2.45, 2.75) is 51.0 Å². The number of amides is 2. The van der Waals surface area contributed by atoms with Crippen molar-refractivity contribution in [2.75, 3.05) is 19.6 Å². The Morgan fingerprint density at radius 1 is 0.920 bits per heavy atom. The van der Waals surface area contributed by atoms with Crippen LogP contribution in [0.15, 0.2) is 24.5 Å². The summed E-state index contributed by atoms with van der Waals surface area (Å²) < 4.78 is 0. The standard InChI is InChI=1S/C20H27N3O2/c24-19(15-4-1-5-15)22-12-8-16(9-13-22)20(25)23-11-3-7-18(23)17-6-2-10-21-14-17/h2,6,10,14-16,18H,1,3-5,7-9,11-13H2/t18-/m0/s1. The van der Waals surface area contributed by atoms with Crippen molar-refractivity contribution in [1.29, 1.82) is 0 Å². The van der Waals surface area contributed by atoms with Crippen LogP contribution >= 0.6 is 0 Å². The first-order valence-corrected chi connectivity index (χ1v) is 9.73. The lowest BCUT2D eigenvalue weighted by Crippen LogP contribution is -2.46. The monoisotopic (exact) mass is 341 g/mol. The Hall–Kier alpha value is -1.91. The molecule has 2 saturated heterocycles. The molecule has 0 aromatic carbocycles. The first-order valence-electron chi connectivity index (χ1n) is 9.73. The van der Waals surface area contributed by atoms with Gasteiger partial charge < -0.3 is 9.80 Å².